The third-order valence-corrected chi connectivity index (χ3v) is 3.55. The Kier molecular flexibility index (Phi) is 6.01. The van der Waals surface area contributed by atoms with E-state index in [1.165, 1.54) is 0 Å². The maximum atomic E-state index is 12.6. The maximum absolute atomic E-state index is 12.6. The van der Waals surface area contributed by atoms with E-state index in [2.05, 4.69) is 10.3 Å². The van der Waals surface area contributed by atoms with Crippen LogP contribution in [0, 0.1) is 0 Å². The van der Waals surface area contributed by atoms with E-state index >= 15 is 0 Å². The minimum Gasteiger partial charge on any atom is -0.497 e. The summed E-state index contributed by atoms with van der Waals surface area (Å²) in [5, 5.41) is 2.94. The van der Waals surface area contributed by atoms with Crippen LogP contribution in [0.3, 0.4) is 0 Å². The summed E-state index contributed by atoms with van der Waals surface area (Å²) in [6.45, 7) is 4.18. The lowest BCUT2D eigenvalue weighted by Gasteiger charge is -2.18. The van der Waals surface area contributed by atoms with Crippen LogP contribution >= 0.6 is 0 Å². The molecule has 1 N–H and O–H groups in total. The van der Waals surface area contributed by atoms with E-state index in [1.807, 2.05) is 26.0 Å². The number of methoxy groups -OCH3 is 2. The van der Waals surface area contributed by atoms with Crippen LogP contribution in [0.1, 0.15) is 35.8 Å². The summed E-state index contributed by atoms with van der Waals surface area (Å²) in [6, 6.07) is 8.62. The van der Waals surface area contributed by atoms with E-state index in [1.54, 1.807) is 38.6 Å². The molecule has 1 atom stereocenters. The Hall–Kier alpha value is -2.76. The smallest absolute Gasteiger partial charge is 0.257 e. The van der Waals surface area contributed by atoms with Gasteiger partial charge in [0.05, 0.1) is 26.9 Å². The van der Waals surface area contributed by atoms with Crippen molar-refractivity contribution in [3.8, 4) is 17.4 Å². The van der Waals surface area contributed by atoms with Crippen LogP contribution in [-0.4, -0.2) is 31.7 Å². The molecule has 0 saturated heterocycles. The first-order valence-electron chi connectivity index (χ1n) is 7.71. The number of aromatic nitrogens is 1. The van der Waals surface area contributed by atoms with Crippen molar-refractivity contribution in [3.05, 3.63) is 47.7 Å². The molecule has 1 unspecified atom stereocenters. The SMILES string of the molecule is CCOc1ncccc1C(=O)NC(C)c1ccc(OC)cc1OC. The Morgan fingerprint density at radius 3 is 2.71 bits per heavy atom. The van der Waals surface area contributed by atoms with Gasteiger partial charge in [0.25, 0.3) is 5.91 Å². The highest BCUT2D eigenvalue weighted by Gasteiger charge is 2.19. The third-order valence-electron chi connectivity index (χ3n) is 3.55. The molecule has 0 saturated carbocycles. The summed E-state index contributed by atoms with van der Waals surface area (Å²) in [7, 11) is 3.18. The molecule has 0 bridgehead atoms. The highest BCUT2D eigenvalue weighted by atomic mass is 16.5. The number of ether oxygens (including phenoxy) is 3. The predicted molar refractivity (Wildman–Crippen MR) is 90.8 cm³/mol. The van der Waals surface area contributed by atoms with Crippen LogP contribution in [0.25, 0.3) is 0 Å². The largest absolute Gasteiger partial charge is 0.497 e. The molecule has 0 radical (unpaired) electrons. The van der Waals surface area contributed by atoms with Crippen molar-refractivity contribution in [3.63, 3.8) is 0 Å². The molecular weight excluding hydrogens is 308 g/mol. The lowest BCUT2D eigenvalue weighted by Crippen LogP contribution is -2.27. The van der Waals surface area contributed by atoms with Gasteiger partial charge in [-0.15, -0.1) is 0 Å². The number of carbonyl (C=O) groups excluding carboxylic acids is 1. The van der Waals surface area contributed by atoms with Crippen molar-refractivity contribution in [1.29, 1.82) is 0 Å². The van der Waals surface area contributed by atoms with Gasteiger partial charge in [-0.3, -0.25) is 4.79 Å². The van der Waals surface area contributed by atoms with Crippen LogP contribution in [0.15, 0.2) is 36.5 Å². The van der Waals surface area contributed by atoms with E-state index in [-0.39, 0.29) is 11.9 Å². The second-order valence-electron chi connectivity index (χ2n) is 5.09. The van der Waals surface area contributed by atoms with E-state index in [9.17, 15) is 4.79 Å². The minimum absolute atomic E-state index is 0.253. The van der Waals surface area contributed by atoms with Gasteiger partial charge in [0.2, 0.25) is 5.88 Å². The zero-order chi connectivity index (χ0) is 17.5. The minimum atomic E-state index is -0.256. The third kappa shape index (κ3) is 3.95. The fourth-order valence-electron chi connectivity index (χ4n) is 2.34. The van der Waals surface area contributed by atoms with Gasteiger partial charge >= 0.3 is 0 Å². The Bertz CT molecular complexity index is 703. The molecule has 0 aliphatic rings. The summed E-state index contributed by atoms with van der Waals surface area (Å²) in [6.07, 6.45) is 1.59. The second-order valence-corrected chi connectivity index (χ2v) is 5.09. The number of amides is 1. The van der Waals surface area contributed by atoms with Gasteiger partial charge < -0.3 is 19.5 Å². The fourth-order valence-corrected chi connectivity index (χ4v) is 2.34. The number of hydrogen-bond acceptors (Lipinski definition) is 5. The Labute approximate surface area is 141 Å². The molecule has 1 aromatic carbocycles. The molecule has 0 aliphatic heterocycles. The van der Waals surface area contributed by atoms with Gasteiger partial charge in [-0.1, -0.05) is 0 Å². The number of nitrogens with zero attached hydrogens (tertiary/aromatic N) is 1. The molecule has 6 heteroatoms. The van der Waals surface area contributed by atoms with E-state index in [0.717, 1.165) is 5.56 Å². The van der Waals surface area contributed by atoms with Crippen molar-refractivity contribution in [1.82, 2.24) is 10.3 Å². The first-order valence-corrected chi connectivity index (χ1v) is 7.71. The van der Waals surface area contributed by atoms with Gasteiger partial charge in [0.15, 0.2) is 0 Å². The first kappa shape index (κ1) is 17.6. The molecule has 1 aromatic heterocycles. The molecule has 1 amide bonds. The summed E-state index contributed by atoms with van der Waals surface area (Å²) in [5.74, 6) is 1.42. The number of nitrogens with one attached hydrogen (secondary N) is 1. The molecule has 128 valence electrons. The normalized spacial score (nSPS) is 11.5. The number of pyridine rings is 1. The number of benzene rings is 1. The highest BCUT2D eigenvalue weighted by Crippen LogP contribution is 2.29. The van der Waals surface area contributed by atoms with Gasteiger partial charge in [-0.25, -0.2) is 4.98 Å². The zero-order valence-electron chi connectivity index (χ0n) is 14.3. The lowest BCUT2D eigenvalue weighted by molar-refractivity contribution is 0.0935. The molecule has 0 aliphatic carbocycles. The molecule has 1 heterocycles. The Morgan fingerprint density at radius 1 is 1.25 bits per heavy atom. The standard InChI is InChI=1S/C18H22N2O4/c1-5-24-18-15(7-6-10-19-18)17(21)20-12(2)14-9-8-13(22-3)11-16(14)23-4/h6-12H,5H2,1-4H3,(H,20,21). The average Bonchev–Trinajstić information content (AvgIpc) is 2.61. The topological polar surface area (TPSA) is 69.7 Å². The van der Waals surface area contributed by atoms with Crippen molar-refractivity contribution in [2.75, 3.05) is 20.8 Å². The number of hydrogen-bond donors (Lipinski definition) is 1. The molecule has 0 fully saturated rings. The summed E-state index contributed by atoms with van der Waals surface area (Å²) in [5.41, 5.74) is 1.26. The predicted octanol–water partition coefficient (Wildman–Crippen LogP) is 2.99. The van der Waals surface area contributed by atoms with E-state index in [4.69, 9.17) is 14.2 Å². The first-order chi connectivity index (χ1) is 11.6. The molecule has 24 heavy (non-hydrogen) atoms. The second kappa shape index (κ2) is 8.19. The summed E-state index contributed by atoms with van der Waals surface area (Å²) >= 11 is 0. The van der Waals surface area contributed by atoms with Crippen LogP contribution in [-0.2, 0) is 0 Å². The zero-order valence-corrected chi connectivity index (χ0v) is 14.3. The molecule has 2 rings (SSSR count). The quantitative estimate of drug-likeness (QED) is 0.845. The van der Waals surface area contributed by atoms with Gasteiger partial charge in [-0.05, 0) is 38.1 Å². The van der Waals surface area contributed by atoms with Crippen LogP contribution in [0.5, 0.6) is 17.4 Å². The molecular formula is C18H22N2O4. The van der Waals surface area contributed by atoms with E-state index < -0.39 is 0 Å². The summed E-state index contributed by atoms with van der Waals surface area (Å²) < 4.78 is 16.0. The molecule has 6 nitrogen and oxygen atoms in total. The van der Waals surface area contributed by atoms with Gasteiger partial charge in [0.1, 0.15) is 17.1 Å². The van der Waals surface area contributed by atoms with Gasteiger partial charge in [-0.2, -0.15) is 0 Å². The monoisotopic (exact) mass is 330 g/mol. The van der Waals surface area contributed by atoms with E-state index in [0.29, 0.717) is 29.5 Å². The average molecular weight is 330 g/mol. The van der Waals surface area contributed by atoms with Crippen molar-refractivity contribution in [2.24, 2.45) is 0 Å². The van der Waals surface area contributed by atoms with Crippen LogP contribution in [0.2, 0.25) is 0 Å². The summed E-state index contributed by atoms with van der Waals surface area (Å²) in [4.78, 5) is 16.7. The van der Waals surface area contributed by atoms with Crippen molar-refractivity contribution >= 4 is 5.91 Å². The Balaban J connectivity index is 2.20. The van der Waals surface area contributed by atoms with Crippen LogP contribution in [0.4, 0.5) is 0 Å². The lowest BCUT2D eigenvalue weighted by atomic mass is 10.1. The Morgan fingerprint density at radius 2 is 2.04 bits per heavy atom. The number of carbonyl (C=O) groups is 1. The van der Waals surface area contributed by atoms with Crippen LogP contribution < -0.4 is 19.5 Å². The molecule has 2 aromatic rings. The van der Waals surface area contributed by atoms with Crippen molar-refractivity contribution in [2.45, 2.75) is 19.9 Å². The highest BCUT2D eigenvalue weighted by molar-refractivity contribution is 5.96. The number of rotatable bonds is 7. The van der Waals surface area contributed by atoms with Gasteiger partial charge in [0, 0.05) is 17.8 Å². The van der Waals surface area contributed by atoms with Crippen molar-refractivity contribution < 1.29 is 19.0 Å². The fraction of sp³-hybridized carbons (Fsp3) is 0.333. The molecule has 0 spiro atoms. The maximum Gasteiger partial charge on any atom is 0.257 e.